The molecule has 2 aromatic carbocycles. The Morgan fingerprint density at radius 2 is 1.79 bits per heavy atom. The van der Waals surface area contributed by atoms with Gasteiger partial charge >= 0.3 is 0 Å². The fourth-order valence-electron chi connectivity index (χ4n) is 3.39. The molecule has 0 aliphatic carbocycles. The fourth-order valence-corrected chi connectivity index (χ4v) is 4.29. The van der Waals surface area contributed by atoms with Gasteiger partial charge in [-0.25, -0.2) is 0 Å². The molecule has 0 saturated heterocycles. The maximum atomic E-state index is 13.1. The summed E-state index contributed by atoms with van der Waals surface area (Å²) in [6, 6.07) is 20.3. The minimum Gasteiger partial charge on any atom is -0.327 e. The smallest absolute Gasteiger partial charge is 0.254 e. The van der Waals surface area contributed by atoms with Crippen LogP contribution >= 0.6 is 11.3 Å². The number of benzene rings is 2. The van der Waals surface area contributed by atoms with Crippen LogP contribution in [-0.2, 0) is 6.42 Å². The summed E-state index contributed by atoms with van der Waals surface area (Å²) in [4.78, 5) is 16.5. The Morgan fingerprint density at radius 1 is 1.04 bits per heavy atom. The Hall–Kier alpha value is -2.39. The Morgan fingerprint density at radius 3 is 2.54 bits per heavy atom. The van der Waals surface area contributed by atoms with Crippen LogP contribution in [0.25, 0.3) is 0 Å². The molecule has 1 unspecified atom stereocenters. The number of hydrogen-bond donors (Lipinski definition) is 0. The summed E-state index contributed by atoms with van der Waals surface area (Å²) in [6.45, 7) is 2.85. The number of aryl methyl sites for hydroxylation is 1. The highest BCUT2D eigenvalue weighted by molar-refractivity contribution is 7.10. The molecule has 2 heterocycles. The quantitative estimate of drug-likeness (QED) is 0.657. The summed E-state index contributed by atoms with van der Waals surface area (Å²) >= 11 is 1.80. The van der Waals surface area contributed by atoms with E-state index in [0.717, 1.165) is 18.5 Å². The van der Waals surface area contributed by atoms with E-state index in [4.69, 9.17) is 0 Å². The van der Waals surface area contributed by atoms with Crippen molar-refractivity contribution in [2.45, 2.75) is 19.4 Å². The van der Waals surface area contributed by atoms with Crippen LogP contribution in [0.2, 0.25) is 0 Å². The summed E-state index contributed by atoms with van der Waals surface area (Å²) in [5.74, 6) is 0.109. The molecule has 3 aromatic rings. The van der Waals surface area contributed by atoms with E-state index < -0.39 is 0 Å². The van der Waals surface area contributed by atoms with Gasteiger partial charge in [0.15, 0.2) is 0 Å². The van der Waals surface area contributed by atoms with Crippen molar-refractivity contribution >= 4 is 17.2 Å². The van der Waals surface area contributed by atoms with Crippen molar-refractivity contribution in [2.24, 2.45) is 0 Å². The molecule has 1 aliphatic heterocycles. The number of fused-ring (bicyclic) bond motifs is 1. The first-order valence-electron chi connectivity index (χ1n) is 8.23. The number of amides is 1. The van der Waals surface area contributed by atoms with Crippen LogP contribution in [-0.4, -0.2) is 17.4 Å². The monoisotopic (exact) mass is 333 g/mol. The molecule has 0 saturated carbocycles. The Labute approximate surface area is 146 Å². The molecule has 1 aromatic heterocycles. The van der Waals surface area contributed by atoms with Gasteiger partial charge in [0.1, 0.15) is 0 Å². The van der Waals surface area contributed by atoms with Crippen LogP contribution in [0.5, 0.6) is 0 Å². The van der Waals surface area contributed by atoms with E-state index >= 15 is 0 Å². The molecule has 24 heavy (non-hydrogen) atoms. The lowest BCUT2D eigenvalue weighted by Crippen LogP contribution is -2.40. The largest absolute Gasteiger partial charge is 0.327 e. The van der Waals surface area contributed by atoms with Crippen LogP contribution in [0, 0.1) is 6.92 Å². The molecule has 0 fully saturated rings. The summed E-state index contributed by atoms with van der Waals surface area (Å²) in [7, 11) is 0. The maximum Gasteiger partial charge on any atom is 0.254 e. The first-order valence-corrected chi connectivity index (χ1v) is 9.11. The van der Waals surface area contributed by atoms with E-state index in [2.05, 4.69) is 42.6 Å². The summed E-state index contributed by atoms with van der Waals surface area (Å²) in [5.41, 5.74) is 4.46. The number of rotatable bonds is 2. The third-order valence-electron chi connectivity index (χ3n) is 4.64. The predicted octanol–water partition coefficient (Wildman–Crippen LogP) is 4.84. The molecule has 0 N–H and O–H groups in total. The molecule has 0 bridgehead atoms. The Bertz CT molecular complexity index is 851. The molecular weight excluding hydrogens is 314 g/mol. The molecule has 1 aliphatic rings. The Balaban J connectivity index is 1.78. The van der Waals surface area contributed by atoms with Gasteiger partial charge in [0.05, 0.1) is 6.04 Å². The van der Waals surface area contributed by atoms with E-state index in [1.165, 1.54) is 21.6 Å². The van der Waals surface area contributed by atoms with Crippen LogP contribution in [0.3, 0.4) is 0 Å². The van der Waals surface area contributed by atoms with Gasteiger partial charge < -0.3 is 4.90 Å². The van der Waals surface area contributed by atoms with Crippen LogP contribution in [0.4, 0.5) is 0 Å². The topological polar surface area (TPSA) is 20.3 Å². The average molecular weight is 333 g/mol. The van der Waals surface area contributed by atoms with Crippen molar-refractivity contribution in [1.29, 1.82) is 0 Å². The third kappa shape index (κ3) is 2.65. The van der Waals surface area contributed by atoms with Gasteiger partial charge in [-0.15, -0.1) is 11.3 Å². The molecule has 1 amide bonds. The van der Waals surface area contributed by atoms with E-state index in [-0.39, 0.29) is 11.9 Å². The standard InChI is InChI=1S/C21H19NOS/c1-15-7-9-16(10-8-15)20-18-12-14-24-19(18)11-13-22(20)21(23)17-5-3-2-4-6-17/h2-10,12,14,20H,11,13H2,1H3. The highest BCUT2D eigenvalue weighted by Gasteiger charge is 2.33. The second-order valence-electron chi connectivity index (χ2n) is 6.23. The van der Waals surface area contributed by atoms with Gasteiger partial charge in [-0.1, -0.05) is 48.0 Å². The molecule has 0 spiro atoms. The maximum absolute atomic E-state index is 13.1. The van der Waals surface area contributed by atoms with Crippen molar-refractivity contribution in [3.05, 3.63) is 93.2 Å². The average Bonchev–Trinajstić information content (AvgIpc) is 3.10. The molecular formula is C21H19NOS. The molecule has 4 rings (SSSR count). The second kappa shape index (κ2) is 6.25. The second-order valence-corrected chi connectivity index (χ2v) is 7.23. The van der Waals surface area contributed by atoms with Crippen LogP contribution < -0.4 is 0 Å². The van der Waals surface area contributed by atoms with Crippen molar-refractivity contribution in [1.82, 2.24) is 4.90 Å². The molecule has 120 valence electrons. The van der Waals surface area contributed by atoms with E-state index in [9.17, 15) is 4.79 Å². The molecule has 1 atom stereocenters. The highest BCUT2D eigenvalue weighted by atomic mass is 32.1. The van der Waals surface area contributed by atoms with Crippen LogP contribution in [0.15, 0.2) is 66.0 Å². The zero-order valence-electron chi connectivity index (χ0n) is 13.6. The lowest BCUT2D eigenvalue weighted by Gasteiger charge is -2.36. The number of carbonyl (C=O) groups excluding carboxylic acids is 1. The lowest BCUT2D eigenvalue weighted by molar-refractivity contribution is 0.0696. The van der Waals surface area contributed by atoms with Gasteiger partial charge in [0, 0.05) is 17.0 Å². The van der Waals surface area contributed by atoms with E-state index in [1.807, 2.05) is 35.2 Å². The third-order valence-corrected chi connectivity index (χ3v) is 5.64. The van der Waals surface area contributed by atoms with Gasteiger partial charge in [-0.05, 0) is 48.1 Å². The molecule has 2 nitrogen and oxygen atoms in total. The number of nitrogens with zero attached hydrogens (tertiary/aromatic N) is 1. The van der Waals surface area contributed by atoms with Crippen molar-refractivity contribution in [3.63, 3.8) is 0 Å². The van der Waals surface area contributed by atoms with Gasteiger partial charge in [-0.3, -0.25) is 4.79 Å². The van der Waals surface area contributed by atoms with E-state index in [0.29, 0.717) is 0 Å². The summed E-state index contributed by atoms with van der Waals surface area (Å²) in [6.07, 6.45) is 0.938. The number of hydrogen-bond acceptors (Lipinski definition) is 2. The summed E-state index contributed by atoms with van der Waals surface area (Å²) < 4.78 is 0. The first-order chi connectivity index (χ1) is 11.7. The first kappa shape index (κ1) is 15.2. The Kier molecular flexibility index (Phi) is 3.95. The predicted molar refractivity (Wildman–Crippen MR) is 98.5 cm³/mol. The SMILES string of the molecule is Cc1ccc(C2c3ccsc3CCN2C(=O)c2ccccc2)cc1. The molecule has 0 radical (unpaired) electrons. The lowest BCUT2D eigenvalue weighted by atomic mass is 9.92. The normalized spacial score (nSPS) is 16.7. The van der Waals surface area contributed by atoms with Gasteiger partial charge in [0.2, 0.25) is 0 Å². The van der Waals surface area contributed by atoms with Gasteiger partial charge in [-0.2, -0.15) is 0 Å². The zero-order chi connectivity index (χ0) is 16.5. The van der Waals surface area contributed by atoms with Crippen molar-refractivity contribution < 1.29 is 4.79 Å². The highest BCUT2D eigenvalue weighted by Crippen LogP contribution is 2.38. The number of thiophene rings is 1. The van der Waals surface area contributed by atoms with Crippen LogP contribution in [0.1, 0.15) is 38.0 Å². The fraction of sp³-hybridized carbons (Fsp3) is 0.190. The summed E-state index contributed by atoms with van der Waals surface area (Å²) in [5, 5.41) is 2.14. The number of carbonyl (C=O) groups is 1. The van der Waals surface area contributed by atoms with Crippen molar-refractivity contribution in [3.8, 4) is 0 Å². The minimum atomic E-state index is 0.00769. The van der Waals surface area contributed by atoms with Crippen molar-refractivity contribution in [2.75, 3.05) is 6.54 Å². The van der Waals surface area contributed by atoms with Gasteiger partial charge in [0.25, 0.3) is 5.91 Å². The minimum absolute atomic E-state index is 0.00769. The zero-order valence-corrected chi connectivity index (χ0v) is 14.4. The van der Waals surface area contributed by atoms with E-state index in [1.54, 1.807) is 11.3 Å². The molecule has 3 heteroatoms.